The van der Waals surface area contributed by atoms with E-state index in [0.717, 1.165) is 5.56 Å². The Morgan fingerprint density at radius 3 is 2.62 bits per heavy atom. The van der Waals surface area contributed by atoms with Crippen LogP contribution in [0.4, 0.5) is 17.1 Å². The smallest absolute Gasteiger partial charge is 0.271 e. The number of amides is 1. The first-order valence-electron chi connectivity index (χ1n) is 5.99. The Morgan fingerprint density at radius 1 is 1.29 bits per heavy atom. The van der Waals surface area contributed by atoms with Gasteiger partial charge in [0, 0.05) is 27.9 Å². The van der Waals surface area contributed by atoms with Crippen LogP contribution in [-0.2, 0) is 0 Å². The molecule has 6 nitrogen and oxygen atoms in total. The maximum atomic E-state index is 12.2. The Balaban J connectivity index is 2.31. The Kier molecular flexibility index (Phi) is 4.23. The molecule has 21 heavy (non-hydrogen) atoms. The van der Waals surface area contributed by atoms with Gasteiger partial charge in [-0.15, -0.1) is 0 Å². The lowest BCUT2D eigenvalue weighted by Gasteiger charge is -2.09. The molecule has 0 saturated heterocycles. The highest BCUT2D eigenvalue weighted by Gasteiger charge is 2.13. The van der Waals surface area contributed by atoms with Gasteiger partial charge in [0.15, 0.2) is 0 Å². The van der Waals surface area contributed by atoms with Crippen molar-refractivity contribution >= 4 is 38.9 Å². The van der Waals surface area contributed by atoms with Crippen LogP contribution in [0.5, 0.6) is 0 Å². The number of nitrogens with two attached hydrogens (primary N) is 1. The number of non-ortho nitro benzene ring substituents is 1. The van der Waals surface area contributed by atoms with E-state index in [0.29, 0.717) is 21.4 Å². The first kappa shape index (κ1) is 15.0. The van der Waals surface area contributed by atoms with Gasteiger partial charge >= 0.3 is 0 Å². The van der Waals surface area contributed by atoms with Gasteiger partial charge in [-0.3, -0.25) is 14.9 Å². The average Bonchev–Trinajstić information content (AvgIpc) is 2.39. The third-order valence-electron chi connectivity index (χ3n) is 2.86. The van der Waals surface area contributed by atoms with Crippen LogP contribution in [0.1, 0.15) is 15.9 Å². The van der Waals surface area contributed by atoms with Crippen molar-refractivity contribution in [3.05, 3.63) is 62.1 Å². The standard InChI is InChI=1S/C14H12BrN3O3/c1-8-2-3-12(18(20)21)7-13(8)17-14(19)9-4-10(15)6-11(16)5-9/h2-7H,16H2,1H3,(H,17,19). The van der Waals surface area contributed by atoms with Gasteiger partial charge in [0.1, 0.15) is 0 Å². The van der Waals surface area contributed by atoms with Crippen molar-refractivity contribution in [3.8, 4) is 0 Å². The number of nitrogen functional groups attached to an aromatic ring is 1. The number of benzene rings is 2. The largest absolute Gasteiger partial charge is 0.399 e. The molecule has 0 spiro atoms. The third-order valence-corrected chi connectivity index (χ3v) is 3.32. The van der Waals surface area contributed by atoms with Crippen molar-refractivity contribution < 1.29 is 9.72 Å². The second-order valence-electron chi connectivity index (χ2n) is 4.48. The molecule has 0 fully saturated rings. The molecular formula is C14H12BrN3O3. The summed E-state index contributed by atoms with van der Waals surface area (Å²) in [5, 5.41) is 13.4. The molecule has 0 saturated carbocycles. The second-order valence-corrected chi connectivity index (χ2v) is 5.40. The van der Waals surface area contributed by atoms with Crippen LogP contribution in [0.25, 0.3) is 0 Å². The van der Waals surface area contributed by atoms with Crippen LogP contribution in [0.3, 0.4) is 0 Å². The first-order chi connectivity index (χ1) is 9.86. The second kappa shape index (κ2) is 5.92. The fourth-order valence-electron chi connectivity index (χ4n) is 1.80. The zero-order valence-corrected chi connectivity index (χ0v) is 12.7. The van der Waals surface area contributed by atoms with Gasteiger partial charge in [0.2, 0.25) is 0 Å². The fraction of sp³-hybridized carbons (Fsp3) is 0.0714. The lowest BCUT2D eigenvalue weighted by atomic mass is 10.1. The van der Waals surface area contributed by atoms with Crippen molar-refractivity contribution in [3.63, 3.8) is 0 Å². The Morgan fingerprint density at radius 2 is 2.00 bits per heavy atom. The predicted molar refractivity (Wildman–Crippen MR) is 84.3 cm³/mol. The lowest BCUT2D eigenvalue weighted by Crippen LogP contribution is -2.13. The van der Waals surface area contributed by atoms with Crippen LogP contribution in [-0.4, -0.2) is 10.8 Å². The van der Waals surface area contributed by atoms with E-state index in [2.05, 4.69) is 21.2 Å². The molecule has 0 atom stereocenters. The summed E-state index contributed by atoms with van der Waals surface area (Å²) in [5.74, 6) is -0.383. The SMILES string of the molecule is Cc1ccc([N+](=O)[O-])cc1NC(=O)c1cc(N)cc(Br)c1. The molecule has 2 aromatic rings. The minimum absolute atomic E-state index is 0.0790. The highest BCUT2D eigenvalue weighted by Crippen LogP contribution is 2.23. The summed E-state index contributed by atoms with van der Waals surface area (Å²) in [6, 6.07) is 9.14. The fourth-order valence-corrected chi connectivity index (χ4v) is 2.31. The van der Waals surface area contributed by atoms with Gasteiger partial charge < -0.3 is 11.1 Å². The molecule has 0 aliphatic heterocycles. The number of rotatable bonds is 3. The molecule has 0 bridgehead atoms. The number of aryl methyl sites for hydroxylation is 1. The predicted octanol–water partition coefficient (Wildman–Crippen LogP) is 3.50. The highest BCUT2D eigenvalue weighted by molar-refractivity contribution is 9.10. The molecule has 0 unspecified atom stereocenters. The number of hydrogen-bond acceptors (Lipinski definition) is 4. The van der Waals surface area contributed by atoms with Gasteiger partial charge in [-0.1, -0.05) is 22.0 Å². The van der Waals surface area contributed by atoms with Crippen LogP contribution >= 0.6 is 15.9 Å². The number of nitrogens with zero attached hydrogens (tertiary/aromatic N) is 1. The van der Waals surface area contributed by atoms with Crippen molar-refractivity contribution in [2.45, 2.75) is 6.92 Å². The van der Waals surface area contributed by atoms with E-state index < -0.39 is 4.92 Å². The van der Waals surface area contributed by atoms with E-state index in [4.69, 9.17) is 5.73 Å². The molecule has 0 aliphatic carbocycles. The molecule has 0 aliphatic rings. The quantitative estimate of drug-likeness (QED) is 0.503. The lowest BCUT2D eigenvalue weighted by molar-refractivity contribution is -0.384. The van der Waals surface area contributed by atoms with Gasteiger partial charge in [-0.05, 0) is 30.7 Å². The monoisotopic (exact) mass is 349 g/mol. The number of halogens is 1. The van der Waals surface area contributed by atoms with Crippen molar-refractivity contribution in [2.24, 2.45) is 0 Å². The Labute approximate surface area is 129 Å². The molecule has 1 amide bonds. The Bertz CT molecular complexity index is 711. The molecular weight excluding hydrogens is 338 g/mol. The van der Waals surface area contributed by atoms with Gasteiger partial charge in [-0.2, -0.15) is 0 Å². The number of nitro benzene ring substituents is 1. The van der Waals surface area contributed by atoms with Gasteiger partial charge in [0.05, 0.1) is 10.6 Å². The molecule has 108 valence electrons. The van der Waals surface area contributed by atoms with E-state index in [1.54, 1.807) is 25.1 Å². The number of hydrogen-bond donors (Lipinski definition) is 2. The molecule has 3 N–H and O–H groups in total. The highest BCUT2D eigenvalue weighted by atomic mass is 79.9. The first-order valence-corrected chi connectivity index (χ1v) is 6.78. The van der Waals surface area contributed by atoms with E-state index in [-0.39, 0.29) is 11.6 Å². The molecule has 2 rings (SSSR count). The summed E-state index contributed by atoms with van der Waals surface area (Å²) < 4.78 is 0.684. The molecule has 0 aromatic heterocycles. The molecule has 0 radical (unpaired) electrons. The van der Waals surface area contributed by atoms with Crippen LogP contribution in [0.15, 0.2) is 40.9 Å². The number of nitro groups is 1. The van der Waals surface area contributed by atoms with Crippen molar-refractivity contribution in [2.75, 3.05) is 11.1 Å². The summed E-state index contributed by atoms with van der Waals surface area (Å²) in [6.45, 7) is 1.76. The average molecular weight is 350 g/mol. The van der Waals surface area contributed by atoms with E-state index in [9.17, 15) is 14.9 Å². The summed E-state index contributed by atoms with van der Waals surface area (Å²) in [4.78, 5) is 22.5. The van der Waals surface area contributed by atoms with E-state index in [1.165, 1.54) is 18.2 Å². The number of anilines is 2. The van der Waals surface area contributed by atoms with Gasteiger partial charge in [-0.25, -0.2) is 0 Å². The number of nitrogens with one attached hydrogen (secondary N) is 1. The van der Waals surface area contributed by atoms with Crippen LogP contribution in [0, 0.1) is 17.0 Å². The molecule has 0 heterocycles. The Hall–Kier alpha value is -2.41. The van der Waals surface area contributed by atoms with Crippen LogP contribution in [0.2, 0.25) is 0 Å². The minimum atomic E-state index is -0.508. The number of carbonyl (C=O) groups excluding carboxylic acids is 1. The normalized spacial score (nSPS) is 10.2. The molecule has 2 aromatic carbocycles. The van der Waals surface area contributed by atoms with E-state index >= 15 is 0 Å². The summed E-state index contributed by atoms with van der Waals surface area (Å²) in [5.41, 5.74) is 7.55. The third kappa shape index (κ3) is 3.57. The zero-order valence-electron chi connectivity index (χ0n) is 11.1. The van der Waals surface area contributed by atoms with E-state index in [1.807, 2.05) is 0 Å². The summed E-state index contributed by atoms with van der Waals surface area (Å²) in [7, 11) is 0. The van der Waals surface area contributed by atoms with Crippen molar-refractivity contribution in [1.29, 1.82) is 0 Å². The van der Waals surface area contributed by atoms with Gasteiger partial charge in [0.25, 0.3) is 11.6 Å². The maximum Gasteiger partial charge on any atom is 0.271 e. The maximum absolute atomic E-state index is 12.2. The number of carbonyl (C=O) groups is 1. The zero-order chi connectivity index (χ0) is 15.6. The molecule has 7 heteroatoms. The van der Waals surface area contributed by atoms with Crippen LogP contribution < -0.4 is 11.1 Å². The topological polar surface area (TPSA) is 98.3 Å². The van der Waals surface area contributed by atoms with Crippen molar-refractivity contribution in [1.82, 2.24) is 0 Å². The summed E-state index contributed by atoms with van der Waals surface area (Å²) in [6.07, 6.45) is 0. The summed E-state index contributed by atoms with van der Waals surface area (Å²) >= 11 is 3.26. The minimum Gasteiger partial charge on any atom is -0.399 e.